The summed E-state index contributed by atoms with van der Waals surface area (Å²) in [6.07, 6.45) is 1.59. The van der Waals surface area contributed by atoms with E-state index < -0.39 is 4.92 Å². The minimum absolute atomic E-state index is 0.0663. The Labute approximate surface area is 140 Å². The van der Waals surface area contributed by atoms with E-state index in [1.165, 1.54) is 6.20 Å². The van der Waals surface area contributed by atoms with E-state index >= 15 is 0 Å². The van der Waals surface area contributed by atoms with Crippen LogP contribution in [0.3, 0.4) is 0 Å². The summed E-state index contributed by atoms with van der Waals surface area (Å²) in [5.74, 6) is 0.253. The van der Waals surface area contributed by atoms with Crippen molar-refractivity contribution in [3.63, 3.8) is 0 Å². The summed E-state index contributed by atoms with van der Waals surface area (Å²) in [6, 6.07) is 7.67. The minimum atomic E-state index is -0.538. The minimum Gasteiger partial charge on any atom is -0.378 e. The smallest absolute Gasteiger partial charge is 0.378 e. The Balaban J connectivity index is 2.00. The molecule has 0 saturated carbocycles. The number of aromatic nitrogens is 2. The standard InChI is InChI=1S/C16H21N5O3/c1-12-17-15(21(23)24)11-20(12)10-9-16(22)19(4)14-7-5-13(6-8-14)18(2)3/h5-8,11H,9-10H2,1-4H3. The van der Waals surface area contributed by atoms with Crippen molar-refractivity contribution in [1.29, 1.82) is 0 Å². The molecule has 1 aromatic heterocycles. The van der Waals surface area contributed by atoms with Crippen LogP contribution >= 0.6 is 0 Å². The highest BCUT2D eigenvalue weighted by atomic mass is 16.6. The van der Waals surface area contributed by atoms with Crippen LogP contribution in [0.15, 0.2) is 30.5 Å². The van der Waals surface area contributed by atoms with Gasteiger partial charge in [0.25, 0.3) is 0 Å². The third-order valence-corrected chi connectivity index (χ3v) is 3.84. The number of amides is 1. The molecule has 0 atom stereocenters. The fraction of sp³-hybridized carbons (Fsp3) is 0.375. The number of imidazole rings is 1. The number of aryl methyl sites for hydroxylation is 2. The number of carbonyl (C=O) groups is 1. The molecule has 0 N–H and O–H groups in total. The number of nitro groups is 1. The fourth-order valence-electron chi connectivity index (χ4n) is 2.31. The highest BCUT2D eigenvalue weighted by Gasteiger charge is 2.17. The number of hydrogen-bond acceptors (Lipinski definition) is 5. The molecule has 0 aliphatic rings. The molecule has 0 saturated heterocycles. The van der Waals surface area contributed by atoms with E-state index in [0.29, 0.717) is 12.4 Å². The molecule has 1 heterocycles. The van der Waals surface area contributed by atoms with E-state index in [1.807, 2.05) is 43.3 Å². The predicted octanol–water partition coefficient (Wildman–Crippen LogP) is 2.22. The lowest BCUT2D eigenvalue weighted by Crippen LogP contribution is -2.27. The molecule has 0 bridgehead atoms. The summed E-state index contributed by atoms with van der Waals surface area (Å²) in [5.41, 5.74) is 1.86. The number of hydrogen-bond donors (Lipinski definition) is 0. The average Bonchev–Trinajstić information content (AvgIpc) is 2.93. The van der Waals surface area contributed by atoms with Gasteiger partial charge >= 0.3 is 5.82 Å². The fourth-order valence-corrected chi connectivity index (χ4v) is 2.31. The van der Waals surface area contributed by atoms with Gasteiger partial charge in [0.2, 0.25) is 11.7 Å². The van der Waals surface area contributed by atoms with Crippen LogP contribution in [-0.2, 0) is 11.3 Å². The third-order valence-electron chi connectivity index (χ3n) is 3.84. The average molecular weight is 331 g/mol. The van der Waals surface area contributed by atoms with Gasteiger partial charge in [0.05, 0.1) is 0 Å². The summed E-state index contributed by atoms with van der Waals surface area (Å²) in [5, 5.41) is 10.7. The highest BCUT2D eigenvalue weighted by molar-refractivity contribution is 5.92. The van der Waals surface area contributed by atoms with Crippen molar-refractivity contribution >= 4 is 23.1 Å². The lowest BCUT2D eigenvalue weighted by molar-refractivity contribution is -0.389. The maximum atomic E-state index is 12.3. The molecule has 0 aliphatic carbocycles. The van der Waals surface area contributed by atoms with E-state index in [1.54, 1.807) is 23.4 Å². The maximum Gasteiger partial charge on any atom is 0.381 e. The summed E-state index contributed by atoms with van der Waals surface area (Å²) in [7, 11) is 5.63. The van der Waals surface area contributed by atoms with Crippen LogP contribution in [0, 0.1) is 17.0 Å². The van der Waals surface area contributed by atoms with E-state index in [0.717, 1.165) is 11.4 Å². The molecule has 0 fully saturated rings. The second kappa shape index (κ2) is 7.12. The summed E-state index contributed by atoms with van der Waals surface area (Å²) in [4.78, 5) is 29.9. The predicted molar refractivity (Wildman–Crippen MR) is 92.4 cm³/mol. The van der Waals surface area contributed by atoms with Gasteiger partial charge in [0, 0.05) is 52.4 Å². The van der Waals surface area contributed by atoms with Crippen LogP contribution in [0.5, 0.6) is 0 Å². The zero-order chi connectivity index (χ0) is 17.9. The van der Waals surface area contributed by atoms with Crippen molar-refractivity contribution in [2.24, 2.45) is 0 Å². The Hall–Kier alpha value is -2.90. The van der Waals surface area contributed by atoms with E-state index in [9.17, 15) is 14.9 Å². The molecule has 128 valence electrons. The number of rotatable bonds is 6. The van der Waals surface area contributed by atoms with Gasteiger partial charge < -0.3 is 24.5 Å². The van der Waals surface area contributed by atoms with Crippen LogP contribution in [0.1, 0.15) is 12.2 Å². The molecule has 1 amide bonds. The zero-order valence-electron chi connectivity index (χ0n) is 14.3. The molecule has 24 heavy (non-hydrogen) atoms. The molecular formula is C16H21N5O3. The molecular weight excluding hydrogens is 310 g/mol. The second-order valence-electron chi connectivity index (χ2n) is 5.71. The van der Waals surface area contributed by atoms with Gasteiger partial charge in [-0.1, -0.05) is 0 Å². The van der Waals surface area contributed by atoms with Gasteiger partial charge in [-0.05, 0) is 34.2 Å². The molecule has 1 aromatic carbocycles. The van der Waals surface area contributed by atoms with Crippen molar-refractivity contribution in [1.82, 2.24) is 9.55 Å². The molecule has 2 rings (SSSR count). The van der Waals surface area contributed by atoms with Crippen LogP contribution in [0.4, 0.5) is 17.2 Å². The Morgan fingerprint density at radius 3 is 2.29 bits per heavy atom. The Morgan fingerprint density at radius 2 is 1.79 bits per heavy atom. The molecule has 0 aliphatic heterocycles. The lowest BCUT2D eigenvalue weighted by atomic mass is 10.2. The van der Waals surface area contributed by atoms with Crippen LogP contribution in [0.25, 0.3) is 0 Å². The number of nitrogens with zero attached hydrogens (tertiary/aromatic N) is 5. The van der Waals surface area contributed by atoms with Gasteiger partial charge in [-0.2, -0.15) is 0 Å². The van der Waals surface area contributed by atoms with Crippen LogP contribution in [-0.4, -0.2) is 41.5 Å². The normalized spacial score (nSPS) is 10.5. The summed E-state index contributed by atoms with van der Waals surface area (Å²) >= 11 is 0. The summed E-state index contributed by atoms with van der Waals surface area (Å²) < 4.78 is 1.62. The first-order valence-electron chi connectivity index (χ1n) is 7.51. The van der Waals surface area contributed by atoms with Crippen LogP contribution in [0.2, 0.25) is 0 Å². The first kappa shape index (κ1) is 17.5. The maximum absolute atomic E-state index is 12.3. The van der Waals surface area contributed by atoms with E-state index in [-0.39, 0.29) is 18.1 Å². The molecule has 0 spiro atoms. The Morgan fingerprint density at radius 1 is 1.21 bits per heavy atom. The number of anilines is 2. The first-order chi connectivity index (χ1) is 11.3. The van der Waals surface area contributed by atoms with Crippen molar-refractivity contribution in [2.45, 2.75) is 19.9 Å². The zero-order valence-corrected chi connectivity index (χ0v) is 14.3. The lowest BCUT2D eigenvalue weighted by Gasteiger charge is -2.19. The largest absolute Gasteiger partial charge is 0.381 e. The number of carbonyl (C=O) groups excluding carboxylic acids is 1. The Bertz CT molecular complexity index is 737. The van der Waals surface area contributed by atoms with Gasteiger partial charge in [0.15, 0.2) is 0 Å². The third kappa shape index (κ3) is 3.89. The second-order valence-corrected chi connectivity index (χ2v) is 5.71. The molecule has 8 heteroatoms. The topological polar surface area (TPSA) is 84.5 Å². The Kier molecular flexibility index (Phi) is 5.18. The molecule has 2 aromatic rings. The molecule has 0 radical (unpaired) electrons. The quantitative estimate of drug-likeness (QED) is 0.598. The van der Waals surface area contributed by atoms with Crippen molar-refractivity contribution in [3.05, 3.63) is 46.4 Å². The van der Waals surface area contributed by atoms with Gasteiger partial charge in [-0.3, -0.25) is 4.79 Å². The van der Waals surface area contributed by atoms with Crippen LogP contribution < -0.4 is 9.80 Å². The van der Waals surface area contributed by atoms with E-state index in [2.05, 4.69) is 4.98 Å². The molecule has 8 nitrogen and oxygen atoms in total. The van der Waals surface area contributed by atoms with E-state index in [4.69, 9.17) is 0 Å². The molecule has 0 unspecified atom stereocenters. The van der Waals surface area contributed by atoms with Gasteiger partial charge in [-0.25, -0.2) is 0 Å². The van der Waals surface area contributed by atoms with Gasteiger partial charge in [0.1, 0.15) is 6.20 Å². The van der Waals surface area contributed by atoms with Crippen molar-refractivity contribution < 1.29 is 9.72 Å². The van der Waals surface area contributed by atoms with Crippen molar-refractivity contribution in [3.8, 4) is 0 Å². The SMILES string of the molecule is Cc1nc([N+](=O)[O-])cn1CCC(=O)N(C)c1ccc(N(C)C)cc1. The first-order valence-corrected chi connectivity index (χ1v) is 7.51. The number of benzene rings is 1. The van der Waals surface area contributed by atoms with Gasteiger partial charge in [-0.15, -0.1) is 0 Å². The monoisotopic (exact) mass is 331 g/mol. The highest BCUT2D eigenvalue weighted by Crippen LogP contribution is 2.19. The van der Waals surface area contributed by atoms with Crippen molar-refractivity contribution in [2.75, 3.05) is 30.9 Å². The summed E-state index contributed by atoms with van der Waals surface area (Å²) in [6.45, 7) is 2.03.